The molecule has 2 rings (SSSR count). The number of aliphatic hydroxyl groups is 1. The molecule has 17 heavy (non-hydrogen) atoms. The van der Waals surface area contributed by atoms with E-state index in [1.165, 1.54) is 18.2 Å². The van der Waals surface area contributed by atoms with Crippen LogP contribution in [0.15, 0.2) is 46.9 Å². The number of hydrogen-bond donors (Lipinski definition) is 1. The Balaban J connectivity index is 2.33. The van der Waals surface area contributed by atoms with Gasteiger partial charge in [-0.3, -0.25) is 0 Å². The summed E-state index contributed by atoms with van der Waals surface area (Å²) < 4.78 is 13.9. The van der Waals surface area contributed by atoms with Gasteiger partial charge in [-0.15, -0.1) is 0 Å². The molecular weight excluding hydrogens is 306 g/mol. The Kier molecular flexibility index (Phi) is 3.82. The lowest BCUT2D eigenvalue weighted by molar-refractivity contribution is 0.220. The summed E-state index contributed by atoms with van der Waals surface area (Å²) in [5, 5.41) is 10.1. The lowest BCUT2D eigenvalue weighted by Gasteiger charge is -2.12. The van der Waals surface area contributed by atoms with Crippen molar-refractivity contribution in [3.8, 4) is 0 Å². The first-order valence-electron chi connectivity index (χ1n) is 4.96. The summed E-state index contributed by atoms with van der Waals surface area (Å²) in [5.74, 6) is -0.488. The van der Waals surface area contributed by atoms with Gasteiger partial charge in [-0.2, -0.15) is 0 Å². The van der Waals surface area contributed by atoms with Crippen LogP contribution >= 0.6 is 27.5 Å². The summed E-state index contributed by atoms with van der Waals surface area (Å²) in [5.41, 5.74) is 1.30. The summed E-state index contributed by atoms with van der Waals surface area (Å²) in [6, 6.07) is 11.5. The first-order chi connectivity index (χ1) is 8.08. The first kappa shape index (κ1) is 12.6. The Hall–Kier alpha value is -0.900. The van der Waals surface area contributed by atoms with Crippen LogP contribution in [0.25, 0.3) is 0 Å². The second-order valence-electron chi connectivity index (χ2n) is 3.63. The first-order valence-corrected chi connectivity index (χ1v) is 6.13. The fourth-order valence-electron chi connectivity index (χ4n) is 1.52. The molecule has 0 saturated carbocycles. The molecule has 88 valence electrons. The number of benzene rings is 2. The molecular formula is C13H9BrClFO. The molecule has 2 aromatic rings. The molecule has 1 N–H and O–H groups in total. The fraction of sp³-hybridized carbons (Fsp3) is 0.0769. The number of hydrogen-bond acceptors (Lipinski definition) is 1. The SMILES string of the molecule is OC(c1ccc(Br)cc1)c1ccc(F)c(Cl)c1. The van der Waals surface area contributed by atoms with Crippen molar-refractivity contribution in [3.63, 3.8) is 0 Å². The molecule has 0 aliphatic carbocycles. The molecule has 0 bridgehead atoms. The average molecular weight is 316 g/mol. The van der Waals surface area contributed by atoms with E-state index in [2.05, 4.69) is 15.9 Å². The molecule has 1 nitrogen and oxygen atoms in total. The third kappa shape index (κ3) is 2.86. The van der Waals surface area contributed by atoms with E-state index < -0.39 is 11.9 Å². The Morgan fingerprint density at radius 3 is 2.24 bits per heavy atom. The maximum Gasteiger partial charge on any atom is 0.141 e. The number of rotatable bonds is 2. The fourth-order valence-corrected chi connectivity index (χ4v) is 1.97. The maximum atomic E-state index is 13.0. The number of halogens is 3. The van der Waals surface area contributed by atoms with Gasteiger partial charge in [0.25, 0.3) is 0 Å². The number of aliphatic hydroxyl groups excluding tert-OH is 1. The van der Waals surface area contributed by atoms with E-state index in [9.17, 15) is 9.50 Å². The van der Waals surface area contributed by atoms with Gasteiger partial charge >= 0.3 is 0 Å². The highest BCUT2D eigenvalue weighted by atomic mass is 79.9. The second-order valence-corrected chi connectivity index (χ2v) is 4.95. The zero-order valence-corrected chi connectivity index (χ0v) is 11.0. The molecule has 1 unspecified atom stereocenters. The van der Waals surface area contributed by atoms with Crippen LogP contribution in [0.5, 0.6) is 0 Å². The smallest absolute Gasteiger partial charge is 0.141 e. The van der Waals surface area contributed by atoms with Crippen LogP contribution in [0.1, 0.15) is 17.2 Å². The van der Waals surface area contributed by atoms with Gasteiger partial charge in [-0.05, 0) is 35.4 Å². The molecule has 0 spiro atoms. The highest BCUT2D eigenvalue weighted by Gasteiger charge is 2.12. The normalized spacial score (nSPS) is 12.5. The molecule has 1 atom stereocenters. The monoisotopic (exact) mass is 314 g/mol. The Morgan fingerprint density at radius 2 is 1.65 bits per heavy atom. The highest BCUT2D eigenvalue weighted by Crippen LogP contribution is 2.26. The summed E-state index contributed by atoms with van der Waals surface area (Å²) in [4.78, 5) is 0. The molecule has 0 radical (unpaired) electrons. The minimum Gasteiger partial charge on any atom is -0.384 e. The van der Waals surface area contributed by atoms with Crippen molar-refractivity contribution >= 4 is 27.5 Å². The highest BCUT2D eigenvalue weighted by molar-refractivity contribution is 9.10. The van der Waals surface area contributed by atoms with Gasteiger partial charge in [0.05, 0.1) is 5.02 Å². The van der Waals surface area contributed by atoms with Crippen molar-refractivity contribution in [2.24, 2.45) is 0 Å². The predicted octanol–water partition coefficient (Wildman–Crippen LogP) is 4.32. The summed E-state index contributed by atoms with van der Waals surface area (Å²) >= 11 is 9.00. The van der Waals surface area contributed by atoms with Crippen LogP contribution in [-0.4, -0.2) is 5.11 Å². The molecule has 0 heterocycles. The molecule has 0 fully saturated rings. The molecule has 0 aliphatic rings. The van der Waals surface area contributed by atoms with Gasteiger partial charge in [0.2, 0.25) is 0 Å². The standard InChI is InChI=1S/C13H9BrClFO/c14-10-4-1-8(2-5-10)13(17)9-3-6-12(16)11(15)7-9/h1-7,13,17H. The average Bonchev–Trinajstić information content (AvgIpc) is 2.33. The lowest BCUT2D eigenvalue weighted by atomic mass is 10.0. The Labute approximate surface area is 112 Å². The summed E-state index contributed by atoms with van der Waals surface area (Å²) in [6.45, 7) is 0. The topological polar surface area (TPSA) is 20.2 Å². The van der Waals surface area contributed by atoms with Crippen LogP contribution < -0.4 is 0 Å². The van der Waals surface area contributed by atoms with E-state index in [-0.39, 0.29) is 5.02 Å². The molecule has 2 aromatic carbocycles. The summed E-state index contributed by atoms with van der Waals surface area (Å²) in [6.07, 6.45) is -0.804. The van der Waals surface area contributed by atoms with E-state index in [0.717, 1.165) is 10.0 Å². The van der Waals surface area contributed by atoms with Crippen molar-refractivity contribution in [1.82, 2.24) is 0 Å². The Morgan fingerprint density at radius 1 is 1.06 bits per heavy atom. The van der Waals surface area contributed by atoms with Gasteiger partial charge in [0, 0.05) is 4.47 Å². The van der Waals surface area contributed by atoms with Crippen molar-refractivity contribution in [1.29, 1.82) is 0 Å². The van der Waals surface area contributed by atoms with Crippen LogP contribution in [0, 0.1) is 5.82 Å². The lowest BCUT2D eigenvalue weighted by Crippen LogP contribution is -1.99. The van der Waals surface area contributed by atoms with Crippen molar-refractivity contribution < 1.29 is 9.50 Å². The predicted molar refractivity (Wildman–Crippen MR) is 69.6 cm³/mol. The van der Waals surface area contributed by atoms with Crippen LogP contribution in [0.4, 0.5) is 4.39 Å². The zero-order chi connectivity index (χ0) is 12.4. The third-order valence-corrected chi connectivity index (χ3v) is 3.26. The van der Waals surface area contributed by atoms with Gasteiger partial charge in [0.1, 0.15) is 11.9 Å². The van der Waals surface area contributed by atoms with Crippen LogP contribution in [0.2, 0.25) is 5.02 Å². The van der Waals surface area contributed by atoms with E-state index in [1.807, 2.05) is 12.1 Å². The van der Waals surface area contributed by atoms with Gasteiger partial charge in [-0.25, -0.2) is 4.39 Å². The van der Waals surface area contributed by atoms with Crippen molar-refractivity contribution in [2.45, 2.75) is 6.10 Å². The third-order valence-electron chi connectivity index (χ3n) is 2.45. The minimum atomic E-state index is -0.804. The zero-order valence-electron chi connectivity index (χ0n) is 8.70. The van der Waals surface area contributed by atoms with E-state index in [4.69, 9.17) is 11.6 Å². The van der Waals surface area contributed by atoms with E-state index in [1.54, 1.807) is 12.1 Å². The quantitative estimate of drug-likeness (QED) is 0.875. The van der Waals surface area contributed by atoms with Gasteiger partial charge in [-0.1, -0.05) is 45.7 Å². The van der Waals surface area contributed by atoms with E-state index in [0.29, 0.717) is 5.56 Å². The molecule has 0 amide bonds. The Bertz CT molecular complexity index is 527. The molecule has 0 saturated heterocycles. The molecule has 0 aliphatic heterocycles. The summed E-state index contributed by atoms with van der Waals surface area (Å²) in [7, 11) is 0. The van der Waals surface area contributed by atoms with Crippen molar-refractivity contribution in [2.75, 3.05) is 0 Å². The van der Waals surface area contributed by atoms with Gasteiger partial charge < -0.3 is 5.11 Å². The molecule has 4 heteroatoms. The largest absolute Gasteiger partial charge is 0.384 e. The van der Waals surface area contributed by atoms with Crippen LogP contribution in [-0.2, 0) is 0 Å². The van der Waals surface area contributed by atoms with E-state index >= 15 is 0 Å². The maximum absolute atomic E-state index is 13.0. The minimum absolute atomic E-state index is 0.0126. The van der Waals surface area contributed by atoms with Gasteiger partial charge in [0.15, 0.2) is 0 Å². The van der Waals surface area contributed by atoms with Crippen molar-refractivity contribution in [3.05, 3.63) is 68.9 Å². The molecule has 0 aromatic heterocycles. The second kappa shape index (κ2) is 5.17. The van der Waals surface area contributed by atoms with Crippen LogP contribution in [0.3, 0.4) is 0 Å².